The summed E-state index contributed by atoms with van der Waals surface area (Å²) in [4.78, 5) is 21.9. The number of hydrogen-bond donors (Lipinski definition) is 1. The van der Waals surface area contributed by atoms with E-state index in [-0.39, 0.29) is 18.0 Å². The number of amides is 1. The van der Waals surface area contributed by atoms with E-state index in [2.05, 4.69) is 17.5 Å². The molecule has 2 aromatic rings. The molecule has 124 valence electrons. The van der Waals surface area contributed by atoms with Crippen LogP contribution >= 0.6 is 0 Å². The van der Waals surface area contributed by atoms with Crippen molar-refractivity contribution >= 4 is 17.8 Å². The van der Waals surface area contributed by atoms with Gasteiger partial charge in [-0.25, -0.2) is 5.43 Å². The summed E-state index contributed by atoms with van der Waals surface area (Å²) in [6, 6.07) is 13.6. The SMILES string of the molecule is CCc1ccc(/C=N/NC(=O)COc2ccccc2[N+](=O)[O-])cc1. The van der Waals surface area contributed by atoms with Crippen LogP contribution < -0.4 is 10.2 Å². The Morgan fingerprint density at radius 2 is 1.96 bits per heavy atom. The zero-order valence-electron chi connectivity index (χ0n) is 13.1. The van der Waals surface area contributed by atoms with Crippen molar-refractivity contribution in [2.45, 2.75) is 13.3 Å². The quantitative estimate of drug-likeness (QED) is 0.480. The monoisotopic (exact) mass is 327 g/mol. The Hall–Kier alpha value is -3.22. The predicted octanol–water partition coefficient (Wildman–Crippen LogP) is 2.69. The van der Waals surface area contributed by atoms with E-state index in [1.54, 1.807) is 6.07 Å². The average Bonchev–Trinajstić information content (AvgIpc) is 2.60. The first-order valence-corrected chi connectivity index (χ1v) is 7.37. The number of nitro groups is 1. The number of benzene rings is 2. The molecule has 0 aromatic heterocycles. The highest BCUT2D eigenvalue weighted by molar-refractivity contribution is 5.83. The van der Waals surface area contributed by atoms with Crippen LogP contribution in [0.4, 0.5) is 5.69 Å². The number of para-hydroxylation sites is 2. The van der Waals surface area contributed by atoms with Crippen molar-refractivity contribution in [3.05, 3.63) is 69.8 Å². The molecule has 0 fully saturated rings. The predicted molar refractivity (Wildman–Crippen MR) is 90.1 cm³/mol. The summed E-state index contributed by atoms with van der Waals surface area (Å²) in [6.07, 6.45) is 2.47. The van der Waals surface area contributed by atoms with Crippen LogP contribution in [0.5, 0.6) is 5.75 Å². The Kier molecular flexibility index (Phi) is 6.01. The average molecular weight is 327 g/mol. The number of ether oxygens (including phenoxy) is 1. The Morgan fingerprint density at radius 3 is 2.62 bits per heavy atom. The smallest absolute Gasteiger partial charge is 0.310 e. The lowest BCUT2D eigenvalue weighted by Gasteiger charge is -2.05. The van der Waals surface area contributed by atoms with Crippen LogP contribution in [0, 0.1) is 10.1 Å². The van der Waals surface area contributed by atoms with Gasteiger partial charge in [0.05, 0.1) is 11.1 Å². The van der Waals surface area contributed by atoms with Crippen molar-refractivity contribution in [3.8, 4) is 5.75 Å². The van der Waals surface area contributed by atoms with E-state index in [9.17, 15) is 14.9 Å². The molecule has 2 aromatic carbocycles. The van der Waals surface area contributed by atoms with Gasteiger partial charge in [-0.3, -0.25) is 14.9 Å². The molecular formula is C17H17N3O4. The van der Waals surface area contributed by atoms with Gasteiger partial charge < -0.3 is 4.74 Å². The molecule has 0 saturated carbocycles. The van der Waals surface area contributed by atoms with Crippen LogP contribution in [-0.2, 0) is 11.2 Å². The number of carbonyl (C=O) groups excluding carboxylic acids is 1. The molecule has 0 spiro atoms. The highest BCUT2D eigenvalue weighted by atomic mass is 16.6. The molecule has 0 aliphatic carbocycles. The summed E-state index contributed by atoms with van der Waals surface area (Å²) < 4.78 is 5.17. The zero-order chi connectivity index (χ0) is 17.4. The van der Waals surface area contributed by atoms with E-state index in [1.807, 2.05) is 24.3 Å². The molecule has 0 aliphatic heterocycles. The van der Waals surface area contributed by atoms with Crippen LogP contribution in [0.1, 0.15) is 18.1 Å². The minimum absolute atomic E-state index is 0.0387. The third-order valence-corrected chi connectivity index (χ3v) is 3.21. The molecule has 0 aliphatic rings. The second-order valence-corrected chi connectivity index (χ2v) is 4.90. The second kappa shape index (κ2) is 8.42. The maximum absolute atomic E-state index is 11.7. The summed E-state index contributed by atoms with van der Waals surface area (Å²) in [5.41, 5.74) is 4.19. The summed E-state index contributed by atoms with van der Waals surface area (Å²) in [6.45, 7) is 1.71. The molecule has 1 N–H and O–H groups in total. The number of nitro benzene ring substituents is 1. The molecule has 0 saturated heterocycles. The number of hydrazone groups is 1. The molecule has 0 bridgehead atoms. The largest absolute Gasteiger partial charge is 0.477 e. The molecule has 0 atom stereocenters. The number of rotatable bonds is 7. The number of aryl methyl sites for hydroxylation is 1. The Labute approximate surface area is 139 Å². The van der Waals surface area contributed by atoms with Gasteiger partial charge in [0.1, 0.15) is 0 Å². The second-order valence-electron chi connectivity index (χ2n) is 4.90. The standard InChI is InChI=1S/C17H17N3O4/c1-2-13-7-9-14(10-8-13)11-18-19-17(21)12-24-16-6-4-3-5-15(16)20(22)23/h3-11H,2,12H2,1H3,(H,19,21)/b18-11+. The third kappa shape index (κ3) is 4.91. The first-order valence-electron chi connectivity index (χ1n) is 7.37. The topological polar surface area (TPSA) is 93.8 Å². The Bertz CT molecular complexity index is 742. The Balaban J connectivity index is 1.85. The number of hydrogen-bond acceptors (Lipinski definition) is 5. The molecule has 7 nitrogen and oxygen atoms in total. The highest BCUT2D eigenvalue weighted by Gasteiger charge is 2.14. The number of carbonyl (C=O) groups is 1. The van der Waals surface area contributed by atoms with Gasteiger partial charge in [0.15, 0.2) is 12.4 Å². The van der Waals surface area contributed by atoms with E-state index in [4.69, 9.17) is 4.74 Å². The first-order chi connectivity index (χ1) is 11.6. The van der Waals surface area contributed by atoms with Crippen molar-refractivity contribution in [2.24, 2.45) is 5.10 Å². The third-order valence-electron chi connectivity index (χ3n) is 3.21. The molecule has 1 amide bonds. The number of nitrogens with one attached hydrogen (secondary N) is 1. The molecular weight excluding hydrogens is 310 g/mol. The van der Waals surface area contributed by atoms with Gasteiger partial charge in [0, 0.05) is 6.07 Å². The zero-order valence-corrected chi connectivity index (χ0v) is 13.1. The van der Waals surface area contributed by atoms with E-state index in [0.717, 1.165) is 12.0 Å². The Morgan fingerprint density at radius 1 is 1.25 bits per heavy atom. The molecule has 7 heteroatoms. The summed E-state index contributed by atoms with van der Waals surface area (Å²) in [5, 5.41) is 14.7. The maximum atomic E-state index is 11.7. The minimum Gasteiger partial charge on any atom is -0.477 e. The van der Waals surface area contributed by atoms with E-state index in [1.165, 1.54) is 30.0 Å². The van der Waals surface area contributed by atoms with Crippen molar-refractivity contribution in [2.75, 3.05) is 6.61 Å². The van der Waals surface area contributed by atoms with Crippen molar-refractivity contribution in [1.82, 2.24) is 5.43 Å². The normalized spacial score (nSPS) is 10.5. The van der Waals surface area contributed by atoms with Crippen LogP contribution in [0.2, 0.25) is 0 Å². The minimum atomic E-state index is -0.564. The van der Waals surface area contributed by atoms with Gasteiger partial charge in [-0.05, 0) is 23.6 Å². The molecule has 24 heavy (non-hydrogen) atoms. The summed E-state index contributed by atoms with van der Waals surface area (Å²) in [7, 11) is 0. The van der Waals surface area contributed by atoms with Gasteiger partial charge >= 0.3 is 5.69 Å². The lowest BCUT2D eigenvalue weighted by atomic mass is 10.1. The van der Waals surface area contributed by atoms with Gasteiger partial charge in [0.2, 0.25) is 0 Å². The van der Waals surface area contributed by atoms with Gasteiger partial charge in [-0.2, -0.15) is 5.10 Å². The van der Waals surface area contributed by atoms with Crippen LogP contribution in [0.25, 0.3) is 0 Å². The molecule has 0 heterocycles. The van der Waals surface area contributed by atoms with Crippen molar-refractivity contribution < 1.29 is 14.5 Å². The summed E-state index contributed by atoms with van der Waals surface area (Å²) >= 11 is 0. The molecule has 0 unspecified atom stereocenters. The van der Waals surface area contributed by atoms with Crippen LogP contribution in [0.3, 0.4) is 0 Å². The lowest BCUT2D eigenvalue weighted by molar-refractivity contribution is -0.385. The fourth-order valence-electron chi connectivity index (χ4n) is 1.92. The first kappa shape index (κ1) is 17.1. The van der Waals surface area contributed by atoms with Gasteiger partial charge in [-0.1, -0.05) is 43.3 Å². The van der Waals surface area contributed by atoms with Crippen molar-refractivity contribution in [3.63, 3.8) is 0 Å². The fourth-order valence-corrected chi connectivity index (χ4v) is 1.92. The number of nitrogens with zero attached hydrogens (tertiary/aromatic N) is 2. The van der Waals surface area contributed by atoms with E-state index in [0.29, 0.717) is 0 Å². The van der Waals surface area contributed by atoms with Crippen LogP contribution in [-0.4, -0.2) is 23.7 Å². The van der Waals surface area contributed by atoms with Crippen LogP contribution in [0.15, 0.2) is 53.6 Å². The lowest BCUT2D eigenvalue weighted by Crippen LogP contribution is -2.24. The van der Waals surface area contributed by atoms with Gasteiger partial charge in [-0.15, -0.1) is 0 Å². The highest BCUT2D eigenvalue weighted by Crippen LogP contribution is 2.25. The molecule has 0 radical (unpaired) electrons. The summed E-state index contributed by atoms with van der Waals surface area (Å²) in [5.74, 6) is -0.466. The molecule has 2 rings (SSSR count). The maximum Gasteiger partial charge on any atom is 0.310 e. The van der Waals surface area contributed by atoms with Crippen molar-refractivity contribution in [1.29, 1.82) is 0 Å². The fraction of sp³-hybridized carbons (Fsp3) is 0.176. The van der Waals surface area contributed by atoms with E-state index >= 15 is 0 Å². The van der Waals surface area contributed by atoms with Gasteiger partial charge in [0.25, 0.3) is 5.91 Å². The van der Waals surface area contributed by atoms with E-state index < -0.39 is 10.8 Å².